The SMILES string of the molecule is C=C(C(=O)O)C(=O)/C(=C\CC)CC(NC(=O)c1ccc(CNCCO)cc1)B(O)O. The Morgan fingerprint density at radius 1 is 1.20 bits per heavy atom. The van der Waals surface area contributed by atoms with Gasteiger partial charge in [-0.15, -0.1) is 0 Å². The summed E-state index contributed by atoms with van der Waals surface area (Å²) >= 11 is 0. The van der Waals surface area contributed by atoms with Crippen LogP contribution in [-0.4, -0.2) is 64.1 Å². The number of rotatable bonds is 13. The van der Waals surface area contributed by atoms with E-state index in [9.17, 15) is 24.4 Å². The summed E-state index contributed by atoms with van der Waals surface area (Å²) in [5, 5.41) is 42.5. The fraction of sp³-hybridized carbons (Fsp3) is 0.350. The van der Waals surface area contributed by atoms with Crippen LogP contribution in [0.4, 0.5) is 0 Å². The third-order valence-corrected chi connectivity index (χ3v) is 4.22. The van der Waals surface area contributed by atoms with Crippen molar-refractivity contribution in [3.05, 3.63) is 59.2 Å². The van der Waals surface area contributed by atoms with Gasteiger partial charge in [0.2, 0.25) is 0 Å². The highest BCUT2D eigenvalue weighted by Gasteiger charge is 2.30. The zero-order valence-corrected chi connectivity index (χ0v) is 16.8. The van der Waals surface area contributed by atoms with E-state index < -0.39 is 36.3 Å². The minimum atomic E-state index is -1.97. The number of allylic oxidation sites excluding steroid dienone is 1. The number of aliphatic hydroxyl groups is 1. The van der Waals surface area contributed by atoms with Gasteiger partial charge in [-0.05, 0) is 36.1 Å². The summed E-state index contributed by atoms with van der Waals surface area (Å²) in [6.45, 7) is 5.94. The van der Waals surface area contributed by atoms with Gasteiger partial charge in [0, 0.05) is 18.7 Å². The van der Waals surface area contributed by atoms with Crippen LogP contribution in [0.2, 0.25) is 0 Å². The van der Waals surface area contributed by atoms with Crippen LogP contribution in [0, 0.1) is 0 Å². The normalized spacial score (nSPS) is 12.2. The molecule has 0 aliphatic heterocycles. The molecule has 0 bridgehead atoms. The molecular weight excluding hydrogens is 391 g/mol. The molecule has 162 valence electrons. The Morgan fingerprint density at radius 3 is 2.33 bits per heavy atom. The highest BCUT2D eigenvalue weighted by Crippen LogP contribution is 2.15. The second-order valence-corrected chi connectivity index (χ2v) is 6.55. The van der Waals surface area contributed by atoms with Crippen LogP contribution in [0.15, 0.2) is 48.1 Å². The smallest absolute Gasteiger partial charge is 0.475 e. The van der Waals surface area contributed by atoms with Crippen molar-refractivity contribution in [1.82, 2.24) is 10.6 Å². The molecule has 1 aromatic rings. The molecule has 0 aliphatic carbocycles. The van der Waals surface area contributed by atoms with Crippen molar-refractivity contribution in [3.8, 4) is 0 Å². The van der Waals surface area contributed by atoms with Gasteiger partial charge < -0.3 is 30.9 Å². The standard InChI is InChI=1S/C20H27BN2O7/c1-3-4-16(18(25)13(2)20(27)28)11-17(21(29)30)23-19(26)15-7-5-14(6-8-15)12-22-9-10-24/h4-8,17,22,24,29-30H,2-3,9-12H2,1H3,(H,23,26)(H,27,28)/b16-4-. The Kier molecular flexibility index (Phi) is 10.7. The molecule has 9 nitrogen and oxygen atoms in total. The van der Waals surface area contributed by atoms with Gasteiger partial charge in [0.1, 0.15) is 0 Å². The van der Waals surface area contributed by atoms with Crippen molar-refractivity contribution in [2.24, 2.45) is 0 Å². The van der Waals surface area contributed by atoms with E-state index in [0.717, 1.165) is 5.56 Å². The summed E-state index contributed by atoms with van der Waals surface area (Å²) < 4.78 is 0. The number of benzene rings is 1. The third-order valence-electron chi connectivity index (χ3n) is 4.22. The molecule has 0 spiro atoms. The summed E-state index contributed by atoms with van der Waals surface area (Å²) in [5.74, 6) is -4.11. The zero-order chi connectivity index (χ0) is 22.7. The first-order valence-electron chi connectivity index (χ1n) is 9.44. The maximum atomic E-state index is 12.5. The molecule has 6 N–H and O–H groups in total. The summed E-state index contributed by atoms with van der Waals surface area (Å²) in [7, 11) is -1.97. The van der Waals surface area contributed by atoms with E-state index in [1.54, 1.807) is 31.2 Å². The van der Waals surface area contributed by atoms with E-state index in [4.69, 9.17) is 10.2 Å². The molecule has 1 unspecified atom stereocenters. The molecule has 10 heteroatoms. The van der Waals surface area contributed by atoms with E-state index in [2.05, 4.69) is 17.2 Å². The summed E-state index contributed by atoms with van der Waals surface area (Å²) in [6.07, 6.45) is 1.60. The molecule has 1 amide bonds. The lowest BCUT2D eigenvalue weighted by atomic mass is 9.74. The Labute approximate surface area is 175 Å². The monoisotopic (exact) mass is 418 g/mol. The molecule has 30 heavy (non-hydrogen) atoms. The quantitative estimate of drug-likeness (QED) is 0.0847. The number of carboxylic acids is 1. The first kappa shape index (κ1) is 25.3. The molecule has 0 saturated heterocycles. The third kappa shape index (κ3) is 7.92. The minimum Gasteiger partial charge on any atom is -0.478 e. The lowest BCUT2D eigenvalue weighted by Gasteiger charge is -2.19. The number of aliphatic hydroxyl groups excluding tert-OH is 1. The Bertz CT molecular complexity index is 791. The highest BCUT2D eigenvalue weighted by molar-refractivity contribution is 6.44. The van der Waals surface area contributed by atoms with Gasteiger partial charge in [-0.25, -0.2) is 4.79 Å². The molecule has 1 atom stereocenters. The number of aliphatic carboxylic acids is 1. The van der Waals surface area contributed by atoms with Crippen LogP contribution >= 0.6 is 0 Å². The Morgan fingerprint density at radius 2 is 1.83 bits per heavy atom. The average molecular weight is 418 g/mol. The molecule has 1 rings (SSSR count). The van der Waals surface area contributed by atoms with Gasteiger partial charge in [0.15, 0.2) is 5.78 Å². The predicted molar refractivity (Wildman–Crippen MR) is 111 cm³/mol. The van der Waals surface area contributed by atoms with Crippen LogP contribution in [0.3, 0.4) is 0 Å². The summed E-state index contributed by atoms with van der Waals surface area (Å²) in [5.41, 5.74) is 0.546. The fourth-order valence-corrected chi connectivity index (χ4v) is 2.61. The number of Topliss-reactive ketones (excluding diaryl/α,β-unsaturated/α-hetero) is 1. The van der Waals surface area contributed by atoms with Gasteiger partial charge in [-0.1, -0.05) is 31.7 Å². The number of hydrogen-bond donors (Lipinski definition) is 6. The fourth-order valence-electron chi connectivity index (χ4n) is 2.61. The number of carboxylic acid groups (broad SMARTS) is 1. The van der Waals surface area contributed by atoms with Gasteiger partial charge >= 0.3 is 13.1 Å². The lowest BCUT2D eigenvalue weighted by Crippen LogP contribution is -2.47. The topological polar surface area (TPSA) is 156 Å². The van der Waals surface area contributed by atoms with E-state index in [1.807, 2.05) is 0 Å². The zero-order valence-electron chi connectivity index (χ0n) is 16.8. The number of amides is 1. The predicted octanol–water partition coefficient (Wildman–Crippen LogP) is -0.185. The number of carbonyl (C=O) groups is 3. The highest BCUT2D eigenvalue weighted by atomic mass is 16.4. The summed E-state index contributed by atoms with van der Waals surface area (Å²) in [4.78, 5) is 35.8. The minimum absolute atomic E-state index is 0.0160. The largest absolute Gasteiger partial charge is 0.478 e. The Balaban J connectivity index is 2.88. The lowest BCUT2D eigenvalue weighted by molar-refractivity contribution is -0.134. The van der Waals surface area contributed by atoms with Crippen LogP contribution in [0.1, 0.15) is 35.7 Å². The van der Waals surface area contributed by atoms with E-state index in [0.29, 0.717) is 19.5 Å². The number of hydrogen-bond acceptors (Lipinski definition) is 7. The van der Waals surface area contributed by atoms with Crippen molar-refractivity contribution < 1.29 is 34.6 Å². The molecule has 0 aromatic heterocycles. The van der Waals surface area contributed by atoms with Crippen LogP contribution in [0.5, 0.6) is 0 Å². The molecule has 0 saturated carbocycles. The van der Waals surface area contributed by atoms with Crippen molar-refractivity contribution in [3.63, 3.8) is 0 Å². The maximum Gasteiger partial charge on any atom is 0.475 e. The van der Waals surface area contributed by atoms with E-state index in [-0.39, 0.29) is 24.2 Å². The number of nitrogens with one attached hydrogen (secondary N) is 2. The first-order valence-corrected chi connectivity index (χ1v) is 9.44. The van der Waals surface area contributed by atoms with E-state index >= 15 is 0 Å². The van der Waals surface area contributed by atoms with Crippen molar-refractivity contribution in [1.29, 1.82) is 0 Å². The second kappa shape index (κ2) is 12.7. The van der Waals surface area contributed by atoms with Crippen molar-refractivity contribution in [2.45, 2.75) is 32.3 Å². The molecule has 0 heterocycles. The van der Waals surface area contributed by atoms with Crippen LogP contribution in [-0.2, 0) is 16.1 Å². The van der Waals surface area contributed by atoms with Crippen LogP contribution in [0.25, 0.3) is 0 Å². The van der Waals surface area contributed by atoms with E-state index in [1.165, 1.54) is 6.08 Å². The number of carbonyl (C=O) groups excluding carboxylic acids is 2. The summed E-state index contributed by atoms with van der Waals surface area (Å²) in [6, 6.07) is 6.55. The van der Waals surface area contributed by atoms with Crippen molar-refractivity contribution >= 4 is 24.8 Å². The van der Waals surface area contributed by atoms with Crippen LogP contribution < -0.4 is 10.6 Å². The van der Waals surface area contributed by atoms with Gasteiger partial charge in [0.25, 0.3) is 5.91 Å². The maximum absolute atomic E-state index is 12.5. The van der Waals surface area contributed by atoms with Gasteiger partial charge in [-0.3, -0.25) is 9.59 Å². The first-order chi connectivity index (χ1) is 14.2. The molecule has 0 radical (unpaired) electrons. The van der Waals surface area contributed by atoms with Gasteiger partial charge in [0.05, 0.1) is 18.1 Å². The average Bonchev–Trinajstić information content (AvgIpc) is 2.72. The molecule has 0 aliphatic rings. The molecule has 1 aromatic carbocycles. The molecular formula is C20H27BN2O7. The number of ketones is 1. The second-order valence-electron chi connectivity index (χ2n) is 6.55. The van der Waals surface area contributed by atoms with Gasteiger partial charge in [-0.2, -0.15) is 0 Å². The van der Waals surface area contributed by atoms with Crippen molar-refractivity contribution in [2.75, 3.05) is 13.2 Å². The molecule has 0 fully saturated rings. The Hall–Kier alpha value is -2.79.